The van der Waals surface area contributed by atoms with Gasteiger partial charge in [-0.15, -0.1) is 0 Å². The summed E-state index contributed by atoms with van der Waals surface area (Å²) in [4.78, 5) is 26.4. The number of aromatic carboxylic acids is 1. The van der Waals surface area contributed by atoms with Crippen molar-refractivity contribution >= 4 is 11.9 Å². The standard InChI is InChI=1S/C11H13NO5/c1-4-17-11(15)9-8(10(13)14)6(2)7(16-3)5-12-9/h5H,4H2,1-3H3,(H,13,14). The molecule has 0 radical (unpaired) electrons. The van der Waals surface area contributed by atoms with Gasteiger partial charge >= 0.3 is 11.9 Å². The normalized spacial score (nSPS) is 9.82. The maximum absolute atomic E-state index is 11.5. The molecule has 1 heterocycles. The van der Waals surface area contributed by atoms with E-state index in [0.29, 0.717) is 11.3 Å². The third-order valence-electron chi connectivity index (χ3n) is 2.19. The minimum Gasteiger partial charge on any atom is -0.495 e. The zero-order chi connectivity index (χ0) is 13.0. The molecular formula is C11H13NO5. The van der Waals surface area contributed by atoms with Crippen LogP contribution < -0.4 is 4.74 Å². The van der Waals surface area contributed by atoms with Crippen molar-refractivity contribution in [2.24, 2.45) is 0 Å². The second kappa shape index (κ2) is 5.29. The van der Waals surface area contributed by atoms with Crippen molar-refractivity contribution in [3.05, 3.63) is 23.0 Å². The molecule has 6 nitrogen and oxygen atoms in total. The van der Waals surface area contributed by atoms with E-state index in [1.54, 1.807) is 13.8 Å². The van der Waals surface area contributed by atoms with E-state index in [-0.39, 0.29) is 17.9 Å². The topological polar surface area (TPSA) is 85.7 Å². The minimum atomic E-state index is -1.24. The lowest BCUT2D eigenvalue weighted by Crippen LogP contribution is -2.16. The van der Waals surface area contributed by atoms with E-state index < -0.39 is 11.9 Å². The number of carboxylic acid groups (broad SMARTS) is 1. The van der Waals surface area contributed by atoms with Crippen LogP contribution in [0.25, 0.3) is 0 Å². The molecule has 0 spiro atoms. The summed E-state index contributed by atoms with van der Waals surface area (Å²) in [5.74, 6) is -1.68. The highest BCUT2D eigenvalue weighted by Crippen LogP contribution is 2.23. The summed E-state index contributed by atoms with van der Waals surface area (Å²) < 4.78 is 9.69. The van der Waals surface area contributed by atoms with Crippen molar-refractivity contribution in [3.63, 3.8) is 0 Å². The van der Waals surface area contributed by atoms with Gasteiger partial charge in [-0.1, -0.05) is 0 Å². The van der Waals surface area contributed by atoms with Gasteiger partial charge in [-0.3, -0.25) is 0 Å². The summed E-state index contributed by atoms with van der Waals surface area (Å²) in [5.41, 5.74) is -0.0569. The van der Waals surface area contributed by atoms with Crippen LogP contribution >= 0.6 is 0 Å². The van der Waals surface area contributed by atoms with Crippen molar-refractivity contribution in [2.75, 3.05) is 13.7 Å². The molecule has 0 fully saturated rings. The van der Waals surface area contributed by atoms with Crippen molar-refractivity contribution < 1.29 is 24.2 Å². The quantitative estimate of drug-likeness (QED) is 0.796. The molecule has 0 saturated carbocycles. The highest BCUT2D eigenvalue weighted by Gasteiger charge is 2.23. The van der Waals surface area contributed by atoms with Crippen LogP contribution in [0.4, 0.5) is 0 Å². The van der Waals surface area contributed by atoms with Crippen LogP contribution in [-0.4, -0.2) is 35.7 Å². The molecule has 0 aromatic carbocycles. The summed E-state index contributed by atoms with van der Waals surface area (Å²) in [6.07, 6.45) is 1.30. The zero-order valence-electron chi connectivity index (χ0n) is 9.81. The van der Waals surface area contributed by atoms with Gasteiger partial charge in [-0.05, 0) is 13.8 Å². The maximum Gasteiger partial charge on any atom is 0.357 e. The number of carboxylic acids is 1. The van der Waals surface area contributed by atoms with Gasteiger partial charge in [0.25, 0.3) is 0 Å². The third kappa shape index (κ3) is 2.52. The molecule has 0 aliphatic heterocycles. The maximum atomic E-state index is 11.5. The highest BCUT2D eigenvalue weighted by molar-refractivity contribution is 6.02. The Morgan fingerprint density at radius 3 is 2.59 bits per heavy atom. The van der Waals surface area contributed by atoms with Crippen LogP contribution in [0, 0.1) is 6.92 Å². The van der Waals surface area contributed by atoms with Gasteiger partial charge in [0.1, 0.15) is 5.75 Å². The van der Waals surface area contributed by atoms with E-state index in [9.17, 15) is 9.59 Å². The first-order chi connectivity index (χ1) is 8.02. The lowest BCUT2D eigenvalue weighted by atomic mass is 10.1. The van der Waals surface area contributed by atoms with Crippen LogP contribution in [0.5, 0.6) is 5.75 Å². The van der Waals surface area contributed by atoms with E-state index in [1.165, 1.54) is 13.3 Å². The zero-order valence-corrected chi connectivity index (χ0v) is 9.81. The van der Waals surface area contributed by atoms with Crippen molar-refractivity contribution in [1.29, 1.82) is 0 Å². The van der Waals surface area contributed by atoms with Crippen molar-refractivity contribution in [2.45, 2.75) is 13.8 Å². The largest absolute Gasteiger partial charge is 0.495 e. The molecule has 1 N–H and O–H groups in total. The fraction of sp³-hybridized carbons (Fsp3) is 0.364. The number of rotatable bonds is 4. The Labute approximate surface area is 98.2 Å². The number of nitrogens with zero attached hydrogens (tertiary/aromatic N) is 1. The first kappa shape index (κ1) is 13.0. The Bertz CT molecular complexity index is 455. The second-order valence-corrected chi connectivity index (χ2v) is 3.20. The molecule has 6 heteroatoms. The van der Waals surface area contributed by atoms with Gasteiger partial charge < -0.3 is 14.6 Å². The van der Waals surface area contributed by atoms with Gasteiger partial charge in [0, 0.05) is 5.56 Å². The van der Waals surface area contributed by atoms with Crippen molar-refractivity contribution in [1.82, 2.24) is 4.98 Å². The first-order valence-corrected chi connectivity index (χ1v) is 4.96. The number of aromatic nitrogens is 1. The molecular weight excluding hydrogens is 226 g/mol. The van der Waals surface area contributed by atoms with Gasteiger partial charge in [-0.2, -0.15) is 0 Å². The Kier molecular flexibility index (Phi) is 4.03. The Balaban J connectivity index is 3.36. The van der Waals surface area contributed by atoms with Crippen LogP contribution in [0.2, 0.25) is 0 Å². The van der Waals surface area contributed by atoms with Gasteiger partial charge in [0.15, 0.2) is 5.69 Å². The summed E-state index contributed by atoms with van der Waals surface area (Å²) in [6.45, 7) is 3.34. The van der Waals surface area contributed by atoms with Crippen LogP contribution in [0.15, 0.2) is 6.20 Å². The molecule has 0 unspecified atom stereocenters. The summed E-state index contributed by atoms with van der Waals surface area (Å²) in [5, 5.41) is 9.08. The minimum absolute atomic E-state index is 0.157. The second-order valence-electron chi connectivity index (χ2n) is 3.20. The SMILES string of the molecule is CCOC(=O)c1ncc(OC)c(C)c1C(=O)O. The predicted molar refractivity (Wildman–Crippen MR) is 58.4 cm³/mol. The van der Waals surface area contributed by atoms with E-state index in [2.05, 4.69) is 4.98 Å². The Morgan fingerprint density at radius 1 is 1.47 bits per heavy atom. The van der Waals surface area contributed by atoms with Crippen LogP contribution in [0.3, 0.4) is 0 Å². The Hall–Kier alpha value is -2.11. The van der Waals surface area contributed by atoms with Crippen LogP contribution in [0.1, 0.15) is 33.3 Å². The number of esters is 1. The number of hydrogen-bond acceptors (Lipinski definition) is 5. The number of hydrogen-bond donors (Lipinski definition) is 1. The number of pyridine rings is 1. The lowest BCUT2D eigenvalue weighted by Gasteiger charge is -2.10. The smallest absolute Gasteiger partial charge is 0.357 e. The lowest BCUT2D eigenvalue weighted by molar-refractivity contribution is 0.0506. The van der Waals surface area contributed by atoms with Gasteiger partial charge in [0.2, 0.25) is 0 Å². The molecule has 92 valence electrons. The van der Waals surface area contributed by atoms with E-state index >= 15 is 0 Å². The molecule has 1 aromatic heterocycles. The Morgan fingerprint density at radius 2 is 2.12 bits per heavy atom. The molecule has 0 aliphatic rings. The third-order valence-corrected chi connectivity index (χ3v) is 2.19. The van der Waals surface area contributed by atoms with Crippen molar-refractivity contribution in [3.8, 4) is 5.75 Å². The molecule has 1 aromatic rings. The number of carbonyl (C=O) groups excluding carboxylic acids is 1. The molecule has 0 amide bonds. The molecule has 17 heavy (non-hydrogen) atoms. The van der Waals surface area contributed by atoms with E-state index in [4.69, 9.17) is 14.6 Å². The fourth-order valence-corrected chi connectivity index (χ4v) is 1.41. The molecule has 0 bridgehead atoms. The number of methoxy groups -OCH3 is 1. The summed E-state index contributed by atoms with van der Waals surface area (Å²) in [7, 11) is 1.40. The summed E-state index contributed by atoms with van der Waals surface area (Å²) in [6, 6.07) is 0. The molecule has 1 rings (SSSR count). The summed E-state index contributed by atoms with van der Waals surface area (Å²) >= 11 is 0. The average molecular weight is 239 g/mol. The number of carbonyl (C=O) groups is 2. The predicted octanol–water partition coefficient (Wildman–Crippen LogP) is 1.27. The first-order valence-electron chi connectivity index (χ1n) is 4.96. The number of ether oxygens (including phenoxy) is 2. The fourth-order valence-electron chi connectivity index (χ4n) is 1.41. The van der Waals surface area contributed by atoms with E-state index in [1.807, 2.05) is 0 Å². The highest BCUT2D eigenvalue weighted by atomic mass is 16.5. The van der Waals surface area contributed by atoms with E-state index in [0.717, 1.165) is 0 Å². The monoisotopic (exact) mass is 239 g/mol. The van der Waals surface area contributed by atoms with Gasteiger partial charge in [0.05, 0.1) is 25.5 Å². The molecule has 0 atom stereocenters. The van der Waals surface area contributed by atoms with Gasteiger partial charge in [-0.25, -0.2) is 14.6 Å². The molecule has 0 saturated heterocycles. The van der Waals surface area contributed by atoms with Crippen LogP contribution in [-0.2, 0) is 4.74 Å². The average Bonchev–Trinajstić information content (AvgIpc) is 2.28. The molecule has 0 aliphatic carbocycles.